The van der Waals surface area contributed by atoms with Gasteiger partial charge in [0.25, 0.3) is 0 Å². The molecule has 1 unspecified atom stereocenters. The van der Waals surface area contributed by atoms with Crippen molar-refractivity contribution < 1.29 is 9.50 Å². The van der Waals surface area contributed by atoms with Gasteiger partial charge in [0.2, 0.25) is 0 Å². The van der Waals surface area contributed by atoms with Crippen LogP contribution in [0.4, 0.5) is 4.39 Å². The van der Waals surface area contributed by atoms with Gasteiger partial charge in [0.15, 0.2) is 0 Å². The van der Waals surface area contributed by atoms with Gasteiger partial charge < -0.3 is 5.11 Å². The predicted octanol–water partition coefficient (Wildman–Crippen LogP) is 5.28. The Morgan fingerprint density at radius 3 is 2.53 bits per heavy atom. The fourth-order valence-corrected chi connectivity index (χ4v) is 2.58. The van der Waals surface area contributed by atoms with Crippen LogP contribution in [-0.4, -0.2) is 5.11 Å². The number of halogens is 4. The van der Waals surface area contributed by atoms with Crippen molar-refractivity contribution in [1.82, 2.24) is 0 Å². The first-order valence-corrected chi connectivity index (χ1v) is 7.50. The van der Waals surface area contributed by atoms with E-state index in [1.54, 1.807) is 0 Å². The number of aliphatic hydroxyl groups excluding tert-OH is 1. The maximum atomic E-state index is 13.2. The molecule has 2 rings (SSSR count). The lowest BCUT2D eigenvalue weighted by atomic mass is 10.0. The summed E-state index contributed by atoms with van der Waals surface area (Å²) in [6.45, 7) is 0. The fraction of sp³-hybridized carbons (Fsp3) is 0.143. The third-order valence-corrected chi connectivity index (χ3v) is 5.00. The standard InChI is InChI=1S/C14H10Br2ClFO/c15-11-3-1-8(6-12(11)16)14(19)7-9-5-10(18)2-4-13(9)17/h1-6,14,19H,7H2. The number of rotatable bonds is 3. The minimum Gasteiger partial charge on any atom is -0.388 e. The maximum absolute atomic E-state index is 13.2. The summed E-state index contributed by atoms with van der Waals surface area (Å²) < 4.78 is 14.9. The van der Waals surface area contributed by atoms with Gasteiger partial charge in [-0.1, -0.05) is 17.7 Å². The van der Waals surface area contributed by atoms with Crippen LogP contribution in [0.5, 0.6) is 0 Å². The average Bonchev–Trinajstić information content (AvgIpc) is 2.37. The fourth-order valence-electron chi connectivity index (χ4n) is 1.75. The molecule has 19 heavy (non-hydrogen) atoms. The Bertz CT molecular complexity index is 604. The van der Waals surface area contributed by atoms with Gasteiger partial charge in [0, 0.05) is 20.4 Å². The second kappa shape index (κ2) is 6.35. The number of hydrogen-bond donors (Lipinski definition) is 1. The Morgan fingerprint density at radius 2 is 1.84 bits per heavy atom. The van der Waals surface area contributed by atoms with Crippen LogP contribution >= 0.6 is 43.5 Å². The van der Waals surface area contributed by atoms with Gasteiger partial charge in [-0.05, 0) is 73.3 Å². The lowest BCUT2D eigenvalue weighted by Gasteiger charge is -2.13. The van der Waals surface area contributed by atoms with Crippen molar-refractivity contribution in [2.45, 2.75) is 12.5 Å². The number of hydrogen-bond acceptors (Lipinski definition) is 1. The van der Waals surface area contributed by atoms with Gasteiger partial charge in [0.1, 0.15) is 5.82 Å². The SMILES string of the molecule is OC(Cc1cc(F)ccc1Cl)c1ccc(Br)c(Br)c1. The second-order valence-electron chi connectivity index (χ2n) is 4.13. The van der Waals surface area contributed by atoms with Gasteiger partial charge in [-0.15, -0.1) is 0 Å². The van der Waals surface area contributed by atoms with Crippen LogP contribution in [0.2, 0.25) is 5.02 Å². The average molecular weight is 408 g/mol. The monoisotopic (exact) mass is 406 g/mol. The van der Waals surface area contributed by atoms with Gasteiger partial charge >= 0.3 is 0 Å². The van der Waals surface area contributed by atoms with Crippen molar-refractivity contribution in [2.24, 2.45) is 0 Å². The van der Waals surface area contributed by atoms with E-state index < -0.39 is 6.10 Å². The van der Waals surface area contributed by atoms with Crippen molar-refractivity contribution in [1.29, 1.82) is 0 Å². The van der Waals surface area contributed by atoms with Crippen molar-refractivity contribution >= 4 is 43.5 Å². The molecule has 1 atom stereocenters. The summed E-state index contributed by atoms with van der Waals surface area (Å²) >= 11 is 12.7. The lowest BCUT2D eigenvalue weighted by molar-refractivity contribution is 0.178. The zero-order valence-corrected chi connectivity index (χ0v) is 13.6. The van der Waals surface area contributed by atoms with Crippen LogP contribution in [-0.2, 0) is 6.42 Å². The zero-order chi connectivity index (χ0) is 14.0. The molecule has 1 N–H and O–H groups in total. The quantitative estimate of drug-likeness (QED) is 0.733. The molecule has 0 saturated heterocycles. The van der Waals surface area contributed by atoms with Gasteiger partial charge in [-0.25, -0.2) is 4.39 Å². The summed E-state index contributed by atoms with van der Waals surface area (Å²) in [4.78, 5) is 0. The van der Waals surface area contributed by atoms with Gasteiger partial charge in [-0.2, -0.15) is 0 Å². The topological polar surface area (TPSA) is 20.2 Å². The predicted molar refractivity (Wildman–Crippen MR) is 81.9 cm³/mol. The third-order valence-electron chi connectivity index (χ3n) is 2.75. The van der Waals surface area contributed by atoms with E-state index in [2.05, 4.69) is 31.9 Å². The molecule has 1 nitrogen and oxygen atoms in total. The normalized spacial score (nSPS) is 12.5. The molecule has 0 spiro atoms. The molecule has 0 aliphatic rings. The van der Waals surface area contributed by atoms with E-state index in [1.165, 1.54) is 18.2 Å². The van der Waals surface area contributed by atoms with Crippen LogP contribution in [0.1, 0.15) is 17.2 Å². The van der Waals surface area contributed by atoms with Gasteiger partial charge in [0.05, 0.1) is 6.10 Å². The van der Waals surface area contributed by atoms with E-state index in [1.807, 2.05) is 18.2 Å². The van der Waals surface area contributed by atoms with E-state index >= 15 is 0 Å². The van der Waals surface area contributed by atoms with Crippen molar-refractivity contribution in [2.75, 3.05) is 0 Å². The lowest BCUT2D eigenvalue weighted by Crippen LogP contribution is -2.03. The number of aliphatic hydroxyl groups is 1. The Hall–Kier alpha value is -0.420. The first-order valence-electron chi connectivity index (χ1n) is 5.54. The smallest absolute Gasteiger partial charge is 0.123 e. The Labute approximate surface area is 132 Å². The molecule has 0 bridgehead atoms. The summed E-state index contributed by atoms with van der Waals surface area (Å²) in [6, 6.07) is 9.62. The summed E-state index contributed by atoms with van der Waals surface area (Å²) in [5.74, 6) is -0.358. The first kappa shape index (κ1) is 15.0. The minimum absolute atomic E-state index is 0.269. The molecule has 0 fully saturated rings. The highest BCUT2D eigenvalue weighted by Gasteiger charge is 2.13. The Morgan fingerprint density at radius 1 is 1.11 bits per heavy atom. The first-order chi connectivity index (χ1) is 8.97. The molecule has 100 valence electrons. The van der Waals surface area contributed by atoms with Crippen LogP contribution in [0.3, 0.4) is 0 Å². The molecule has 0 heterocycles. The molecule has 0 aliphatic carbocycles. The van der Waals surface area contributed by atoms with Crippen LogP contribution < -0.4 is 0 Å². The van der Waals surface area contributed by atoms with E-state index in [9.17, 15) is 9.50 Å². The molecular formula is C14H10Br2ClFO. The number of benzene rings is 2. The van der Waals surface area contributed by atoms with E-state index in [4.69, 9.17) is 11.6 Å². The molecule has 0 radical (unpaired) electrons. The van der Waals surface area contributed by atoms with Crippen molar-refractivity contribution in [3.63, 3.8) is 0 Å². The molecule has 0 amide bonds. The third kappa shape index (κ3) is 3.78. The minimum atomic E-state index is -0.733. The second-order valence-corrected chi connectivity index (χ2v) is 6.25. The molecule has 0 saturated carbocycles. The van der Waals surface area contributed by atoms with E-state index in [0.29, 0.717) is 10.6 Å². The zero-order valence-electron chi connectivity index (χ0n) is 9.71. The molecule has 5 heteroatoms. The van der Waals surface area contributed by atoms with E-state index in [-0.39, 0.29) is 12.2 Å². The maximum Gasteiger partial charge on any atom is 0.123 e. The highest BCUT2D eigenvalue weighted by molar-refractivity contribution is 9.13. The highest BCUT2D eigenvalue weighted by atomic mass is 79.9. The van der Waals surface area contributed by atoms with E-state index in [0.717, 1.165) is 14.5 Å². The summed E-state index contributed by atoms with van der Waals surface area (Å²) in [6.07, 6.45) is -0.464. The van der Waals surface area contributed by atoms with Crippen molar-refractivity contribution in [3.05, 3.63) is 67.3 Å². The summed E-state index contributed by atoms with van der Waals surface area (Å²) in [5.41, 5.74) is 1.34. The summed E-state index contributed by atoms with van der Waals surface area (Å²) in [5, 5.41) is 10.6. The molecule has 0 aliphatic heterocycles. The van der Waals surface area contributed by atoms with Crippen molar-refractivity contribution in [3.8, 4) is 0 Å². The van der Waals surface area contributed by atoms with Crippen LogP contribution in [0.15, 0.2) is 45.3 Å². The Balaban J connectivity index is 2.22. The van der Waals surface area contributed by atoms with Gasteiger partial charge in [-0.3, -0.25) is 0 Å². The Kier molecular flexibility index (Phi) is 5.01. The largest absolute Gasteiger partial charge is 0.388 e. The molecular weight excluding hydrogens is 398 g/mol. The van der Waals surface area contributed by atoms with Crippen LogP contribution in [0, 0.1) is 5.82 Å². The molecule has 0 aromatic heterocycles. The van der Waals surface area contributed by atoms with Crippen LogP contribution in [0.25, 0.3) is 0 Å². The molecule has 2 aromatic rings. The summed E-state index contributed by atoms with van der Waals surface area (Å²) in [7, 11) is 0. The molecule has 2 aromatic carbocycles. The highest BCUT2D eigenvalue weighted by Crippen LogP contribution is 2.29.